The fourth-order valence-electron chi connectivity index (χ4n) is 3.77. The van der Waals surface area contributed by atoms with Crippen LogP contribution in [-0.2, 0) is 6.61 Å². The van der Waals surface area contributed by atoms with Gasteiger partial charge in [0, 0.05) is 5.56 Å². The summed E-state index contributed by atoms with van der Waals surface area (Å²) in [7, 11) is 0. The molecule has 2 aromatic rings. The summed E-state index contributed by atoms with van der Waals surface area (Å²) in [5.41, 5.74) is 4.06. The van der Waals surface area contributed by atoms with Gasteiger partial charge in [0.2, 0.25) is 0 Å². The lowest BCUT2D eigenvalue weighted by molar-refractivity contribution is 0.157. The van der Waals surface area contributed by atoms with E-state index in [4.69, 9.17) is 4.74 Å². The molecule has 2 nitrogen and oxygen atoms in total. The molecular formula is C20H23NO. The standard InChI is InChI=1S/C20H23NO/c1-15-10-12-21(13-11-15)20-17-7-3-2-6-16(17)14-22-19-9-5-4-8-18(19)20/h2-9,15,20H,10-14H2,1H3. The molecule has 0 N–H and O–H groups in total. The second-order valence-corrected chi connectivity index (χ2v) is 6.65. The molecule has 0 spiro atoms. The number of fused-ring (bicyclic) bond motifs is 2. The fourth-order valence-corrected chi connectivity index (χ4v) is 3.77. The predicted octanol–water partition coefficient (Wildman–Crippen LogP) is 4.40. The summed E-state index contributed by atoms with van der Waals surface area (Å²) in [5, 5.41) is 0. The molecule has 2 aliphatic rings. The molecule has 1 atom stereocenters. The van der Waals surface area contributed by atoms with Gasteiger partial charge in [0.25, 0.3) is 0 Å². The van der Waals surface area contributed by atoms with Crippen LogP contribution in [0.5, 0.6) is 5.75 Å². The van der Waals surface area contributed by atoms with Gasteiger partial charge in [-0.25, -0.2) is 0 Å². The van der Waals surface area contributed by atoms with Crippen LogP contribution in [-0.4, -0.2) is 18.0 Å². The number of benzene rings is 2. The summed E-state index contributed by atoms with van der Waals surface area (Å²) in [6.45, 7) is 5.40. The molecule has 2 heterocycles. The highest BCUT2D eigenvalue weighted by Gasteiger charge is 2.31. The van der Waals surface area contributed by atoms with E-state index in [0.29, 0.717) is 12.6 Å². The zero-order valence-electron chi connectivity index (χ0n) is 13.2. The monoisotopic (exact) mass is 293 g/mol. The van der Waals surface area contributed by atoms with Gasteiger partial charge in [-0.05, 0) is 49.0 Å². The number of rotatable bonds is 1. The van der Waals surface area contributed by atoms with E-state index in [1.54, 1.807) is 0 Å². The lowest BCUT2D eigenvalue weighted by Crippen LogP contribution is -2.36. The van der Waals surface area contributed by atoms with Gasteiger partial charge in [0.1, 0.15) is 12.4 Å². The van der Waals surface area contributed by atoms with Gasteiger partial charge in [-0.2, -0.15) is 0 Å². The van der Waals surface area contributed by atoms with Crippen LogP contribution in [0.25, 0.3) is 0 Å². The zero-order chi connectivity index (χ0) is 14.9. The minimum absolute atomic E-state index is 0.336. The highest BCUT2D eigenvalue weighted by atomic mass is 16.5. The normalized spacial score (nSPS) is 22.3. The van der Waals surface area contributed by atoms with Gasteiger partial charge >= 0.3 is 0 Å². The number of para-hydroxylation sites is 1. The van der Waals surface area contributed by atoms with Crippen molar-refractivity contribution in [1.82, 2.24) is 4.90 Å². The second-order valence-electron chi connectivity index (χ2n) is 6.65. The quantitative estimate of drug-likeness (QED) is 0.772. The average Bonchev–Trinajstić information content (AvgIpc) is 2.73. The van der Waals surface area contributed by atoms with Crippen molar-refractivity contribution in [2.45, 2.75) is 32.4 Å². The van der Waals surface area contributed by atoms with Crippen LogP contribution in [0.3, 0.4) is 0 Å². The van der Waals surface area contributed by atoms with E-state index in [2.05, 4.69) is 60.4 Å². The molecular weight excluding hydrogens is 270 g/mol. The SMILES string of the molecule is CC1CCN(C2c3ccccc3COc3ccccc32)CC1. The maximum Gasteiger partial charge on any atom is 0.124 e. The van der Waals surface area contributed by atoms with Gasteiger partial charge in [-0.15, -0.1) is 0 Å². The Kier molecular flexibility index (Phi) is 3.63. The Hall–Kier alpha value is -1.80. The van der Waals surface area contributed by atoms with Crippen LogP contribution in [0.15, 0.2) is 48.5 Å². The van der Waals surface area contributed by atoms with Crippen molar-refractivity contribution >= 4 is 0 Å². The molecule has 1 unspecified atom stereocenters. The van der Waals surface area contributed by atoms with Crippen LogP contribution < -0.4 is 4.74 Å². The molecule has 0 amide bonds. The zero-order valence-corrected chi connectivity index (χ0v) is 13.2. The van der Waals surface area contributed by atoms with E-state index in [1.807, 2.05) is 0 Å². The molecule has 1 saturated heterocycles. The third-order valence-corrected chi connectivity index (χ3v) is 5.13. The van der Waals surface area contributed by atoms with Gasteiger partial charge < -0.3 is 4.74 Å². The third kappa shape index (κ3) is 2.42. The van der Waals surface area contributed by atoms with E-state index in [1.165, 1.54) is 42.6 Å². The van der Waals surface area contributed by atoms with Gasteiger partial charge in [-0.3, -0.25) is 4.90 Å². The maximum atomic E-state index is 6.09. The van der Waals surface area contributed by atoms with E-state index < -0.39 is 0 Å². The van der Waals surface area contributed by atoms with Crippen LogP contribution >= 0.6 is 0 Å². The van der Waals surface area contributed by atoms with Crippen molar-refractivity contribution in [1.29, 1.82) is 0 Å². The number of nitrogens with zero attached hydrogens (tertiary/aromatic N) is 1. The van der Waals surface area contributed by atoms with Crippen LogP contribution in [0.4, 0.5) is 0 Å². The molecule has 1 fully saturated rings. The van der Waals surface area contributed by atoms with Crippen LogP contribution in [0.1, 0.15) is 42.5 Å². The van der Waals surface area contributed by atoms with Crippen molar-refractivity contribution in [3.05, 3.63) is 65.2 Å². The van der Waals surface area contributed by atoms with E-state index in [9.17, 15) is 0 Å². The Morgan fingerprint density at radius 3 is 2.41 bits per heavy atom. The smallest absolute Gasteiger partial charge is 0.124 e. The highest BCUT2D eigenvalue weighted by molar-refractivity contribution is 5.46. The Morgan fingerprint density at radius 2 is 1.59 bits per heavy atom. The van der Waals surface area contributed by atoms with Crippen molar-refractivity contribution in [2.75, 3.05) is 13.1 Å². The summed E-state index contributed by atoms with van der Waals surface area (Å²) >= 11 is 0. The Morgan fingerprint density at radius 1 is 0.909 bits per heavy atom. The van der Waals surface area contributed by atoms with E-state index in [0.717, 1.165) is 11.7 Å². The topological polar surface area (TPSA) is 12.5 Å². The largest absolute Gasteiger partial charge is 0.489 e. The van der Waals surface area contributed by atoms with E-state index >= 15 is 0 Å². The Bertz CT molecular complexity index is 611. The molecule has 0 radical (unpaired) electrons. The first-order valence-electron chi connectivity index (χ1n) is 8.36. The van der Waals surface area contributed by atoms with Gasteiger partial charge in [-0.1, -0.05) is 49.4 Å². The average molecular weight is 293 g/mol. The van der Waals surface area contributed by atoms with Crippen molar-refractivity contribution in [3.63, 3.8) is 0 Å². The minimum Gasteiger partial charge on any atom is -0.489 e. The first kappa shape index (κ1) is 13.8. The molecule has 2 heteroatoms. The number of piperidine rings is 1. The van der Waals surface area contributed by atoms with E-state index in [-0.39, 0.29) is 0 Å². The van der Waals surface area contributed by atoms with Crippen LogP contribution in [0.2, 0.25) is 0 Å². The number of hydrogen-bond acceptors (Lipinski definition) is 2. The number of hydrogen-bond donors (Lipinski definition) is 0. The van der Waals surface area contributed by atoms with Crippen molar-refractivity contribution in [2.24, 2.45) is 5.92 Å². The first-order valence-corrected chi connectivity index (χ1v) is 8.36. The molecule has 2 aliphatic heterocycles. The molecule has 2 aromatic carbocycles. The van der Waals surface area contributed by atoms with Crippen molar-refractivity contribution < 1.29 is 4.74 Å². The molecule has 114 valence electrons. The third-order valence-electron chi connectivity index (χ3n) is 5.13. The van der Waals surface area contributed by atoms with Gasteiger partial charge in [0.05, 0.1) is 6.04 Å². The summed E-state index contributed by atoms with van der Waals surface area (Å²) < 4.78 is 6.09. The summed E-state index contributed by atoms with van der Waals surface area (Å²) in [6, 6.07) is 17.7. The molecule has 0 bridgehead atoms. The van der Waals surface area contributed by atoms with Gasteiger partial charge in [0.15, 0.2) is 0 Å². The Balaban J connectivity index is 1.80. The first-order chi connectivity index (χ1) is 10.8. The molecule has 0 saturated carbocycles. The van der Waals surface area contributed by atoms with Crippen LogP contribution in [0, 0.1) is 5.92 Å². The maximum absolute atomic E-state index is 6.09. The second kappa shape index (κ2) is 5.77. The summed E-state index contributed by atoms with van der Waals surface area (Å²) in [4.78, 5) is 2.65. The predicted molar refractivity (Wildman–Crippen MR) is 89.0 cm³/mol. The minimum atomic E-state index is 0.336. The molecule has 4 rings (SSSR count). The van der Waals surface area contributed by atoms with Crippen molar-refractivity contribution in [3.8, 4) is 5.75 Å². The molecule has 0 aliphatic carbocycles. The lowest BCUT2D eigenvalue weighted by atomic mass is 9.90. The summed E-state index contributed by atoms with van der Waals surface area (Å²) in [6.07, 6.45) is 2.59. The number of likely N-dealkylation sites (tertiary alicyclic amines) is 1. The lowest BCUT2D eigenvalue weighted by Gasteiger charge is -2.37. The highest BCUT2D eigenvalue weighted by Crippen LogP contribution is 2.40. The number of ether oxygens (including phenoxy) is 1. The molecule has 0 aromatic heterocycles. The Labute approximate surface area is 132 Å². The summed E-state index contributed by atoms with van der Waals surface area (Å²) in [5.74, 6) is 1.89. The molecule has 22 heavy (non-hydrogen) atoms. The fraction of sp³-hybridized carbons (Fsp3) is 0.400.